The molecule has 0 bridgehead atoms. The average molecular weight is 237 g/mol. The summed E-state index contributed by atoms with van der Waals surface area (Å²) in [5.41, 5.74) is 5.70. The van der Waals surface area contributed by atoms with Gasteiger partial charge in [0.05, 0.1) is 12.1 Å². The SMILES string of the molecule is CC[C@H](N)C(=O)N1CCCC(OC)C1.Cl. The second kappa shape index (κ2) is 7.04. The fourth-order valence-electron chi connectivity index (χ4n) is 1.74. The third-order valence-corrected chi connectivity index (χ3v) is 2.78. The van der Waals surface area contributed by atoms with Crippen LogP contribution in [0.25, 0.3) is 0 Å². The van der Waals surface area contributed by atoms with Crippen molar-refractivity contribution in [3.8, 4) is 0 Å². The van der Waals surface area contributed by atoms with E-state index in [1.165, 1.54) is 0 Å². The number of ether oxygens (including phenoxy) is 1. The monoisotopic (exact) mass is 236 g/mol. The maximum Gasteiger partial charge on any atom is 0.239 e. The summed E-state index contributed by atoms with van der Waals surface area (Å²) in [4.78, 5) is 13.6. The summed E-state index contributed by atoms with van der Waals surface area (Å²) in [6.07, 6.45) is 2.95. The highest BCUT2D eigenvalue weighted by Crippen LogP contribution is 2.13. The van der Waals surface area contributed by atoms with Crippen molar-refractivity contribution in [3.05, 3.63) is 0 Å². The lowest BCUT2D eigenvalue weighted by molar-refractivity contribution is -0.136. The summed E-state index contributed by atoms with van der Waals surface area (Å²) in [5, 5.41) is 0. The zero-order chi connectivity index (χ0) is 10.6. The van der Waals surface area contributed by atoms with Crippen molar-refractivity contribution in [3.63, 3.8) is 0 Å². The largest absolute Gasteiger partial charge is 0.380 e. The molecule has 2 atom stereocenters. The van der Waals surface area contributed by atoms with Gasteiger partial charge in [-0.2, -0.15) is 0 Å². The van der Waals surface area contributed by atoms with E-state index in [1.807, 2.05) is 11.8 Å². The number of rotatable bonds is 3. The molecule has 0 saturated carbocycles. The Labute approximate surface area is 97.5 Å². The highest BCUT2D eigenvalue weighted by atomic mass is 35.5. The van der Waals surface area contributed by atoms with E-state index in [1.54, 1.807) is 7.11 Å². The maximum atomic E-state index is 11.7. The molecular weight excluding hydrogens is 216 g/mol. The molecule has 0 radical (unpaired) electrons. The Balaban J connectivity index is 0.00000196. The molecule has 0 aliphatic carbocycles. The molecule has 1 aliphatic rings. The van der Waals surface area contributed by atoms with E-state index >= 15 is 0 Å². The van der Waals surface area contributed by atoms with Gasteiger partial charge in [0.2, 0.25) is 5.91 Å². The summed E-state index contributed by atoms with van der Waals surface area (Å²) in [7, 11) is 1.69. The zero-order valence-electron chi connectivity index (χ0n) is 9.44. The third-order valence-electron chi connectivity index (χ3n) is 2.78. The molecule has 1 rings (SSSR count). The molecular formula is C10H21ClN2O2. The standard InChI is InChI=1S/C10H20N2O2.ClH/c1-3-9(11)10(13)12-6-4-5-8(7-12)14-2;/h8-9H,3-7,11H2,1-2H3;1H/t8?,9-;/m0./s1. The van der Waals surface area contributed by atoms with E-state index in [-0.39, 0.29) is 30.5 Å². The number of likely N-dealkylation sites (tertiary alicyclic amines) is 1. The van der Waals surface area contributed by atoms with Gasteiger partial charge in [-0.05, 0) is 19.3 Å². The predicted molar refractivity (Wildman–Crippen MR) is 62.1 cm³/mol. The van der Waals surface area contributed by atoms with Crippen LogP contribution in [0.3, 0.4) is 0 Å². The Kier molecular flexibility index (Phi) is 6.89. The minimum Gasteiger partial charge on any atom is -0.380 e. The van der Waals surface area contributed by atoms with Crippen molar-refractivity contribution in [2.45, 2.75) is 38.3 Å². The second-order valence-electron chi connectivity index (χ2n) is 3.80. The Morgan fingerprint density at radius 3 is 2.87 bits per heavy atom. The van der Waals surface area contributed by atoms with Gasteiger partial charge in [-0.1, -0.05) is 6.92 Å². The predicted octanol–water partition coefficient (Wildman–Crippen LogP) is 0.783. The summed E-state index contributed by atoms with van der Waals surface area (Å²) >= 11 is 0. The van der Waals surface area contributed by atoms with Crippen LogP contribution in [0.1, 0.15) is 26.2 Å². The van der Waals surface area contributed by atoms with Gasteiger partial charge >= 0.3 is 0 Å². The van der Waals surface area contributed by atoms with Gasteiger partial charge in [-0.25, -0.2) is 0 Å². The van der Waals surface area contributed by atoms with Crippen LogP contribution in [0.5, 0.6) is 0 Å². The van der Waals surface area contributed by atoms with Crippen LogP contribution in [-0.2, 0) is 9.53 Å². The molecule has 4 nitrogen and oxygen atoms in total. The Hall–Kier alpha value is -0.320. The zero-order valence-corrected chi connectivity index (χ0v) is 10.3. The Bertz CT molecular complexity index is 202. The van der Waals surface area contributed by atoms with E-state index in [0.29, 0.717) is 13.0 Å². The molecule has 90 valence electrons. The molecule has 1 unspecified atom stereocenters. The quantitative estimate of drug-likeness (QED) is 0.788. The molecule has 1 amide bonds. The van der Waals surface area contributed by atoms with Crippen molar-refractivity contribution < 1.29 is 9.53 Å². The van der Waals surface area contributed by atoms with Gasteiger partial charge < -0.3 is 15.4 Å². The molecule has 2 N–H and O–H groups in total. The van der Waals surface area contributed by atoms with E-state index in [2.05, 4.69) is 0 Å². The lowest BCUT2D eigenvalue weighted by Gasteiger charge is -2.33. The smallest absolute Gasteiger partial charge is 0.239 e. The molecule has 0 aromatic heterocycles. The lowest BCUT2D eigenvalue weighted by Crippen LogP contribution is -2.49. The van der Waals surface area contributed by atoms with E-state index in [9.17, 15) is 4.79 Å². The van der Waals surface area contributed by atoms with Crippen LogP contribution in [-0.4, -0.2) is 43.2 Å². The van der Waals surface area contributed by atoms with Gasteiger partial charge in [0.15, 0.2) is 0 Å². The first-order valence-corrected chi connectivity index (χ1v) is 5.26. The molecule has 0 spiro atoms. The number of piperidine rings is 1. The van der Waals surface area contributed by atoms with Crippen LogP contribution in [0, 0.1) is 0 Å². The normalized spacial score (nSPS) is 23.1. The number of hydrogen-bond donors (Lipinski definition) is 1. The molecule has 1 aliphatic heterocycles. The van der Waals surface area contributed by atoms with E-state index in [0.717, 1.165) is 19.4 Å². The van der Waals surface area contributed by atoms with Crippen molar-refractivity contribution in [1.82, 2.24) is 4.90 Å². The number of nitrogens with zero attached hydrogens (tertiary/aromatic N) is 1. The maximum absolute atomic E-state index is 11.7. The number of carbonyl (C=O) groups is 1. The van der Waals surface area contributed by atoms with Crippen LogP contribution in [0.15, 0.2) is 0 Å². The third kappa shape index (κ3) is 3.97. The van der Waals surface area contributed by atoms with Crippen LogP contribution in [0.4, 0.5) is 0 Å². The first-order chi connectivity index (χ1) is 6.69. The fraction of sp³-hybridized carbons (Fsp3) is 0.900. The molecule has 1 fully saturated rings. The number of halogens is 1. The van der Waals surface area contributed by atoms with Crippen LogP contribution in [0.2, 0.25) is 0 Å². The number of methoxy groups -OCH3 is 1. The van der Waals surface area contributed by atoms with Gasteiger partial charge in [0.1, 0.15) is 0 Å². The first kappa shape index (κ1) is 14.7. The van der Waals surface area contributed by atoms with E-state index < -0.39 is 0 Å². The highest BCUT2D eigenvalue weighted by molar-refractivity contribution is 5.85. The minimum absolute atomic E-state index is 0. The summed E-state index contributed by atoms with van der Waals surface area (Å²) < 4.78 is 5.25. The Morgan fingerprint density at radius 1 is 1.67 bits per heavy atom. The van der Waals surface area contributed by atoms with Crippen molar-refractivity contribution in [2.24, 2.45) is 5.73 Å². The van der Waals surface area contributed by atoms with Crippen molar-refractivity contribution in [1.29, 1.82) is 0 Å². The number of carbonyl (C=O) groups excluding carboxylic acids is 1. The van der Waals surface area contributed by atoms with Gasteiger partial charge in [0.25, 0.3) is 0 Å². The van der Waals surface area contributed by atoms with Gasteiger partial charge in [-0.15, -0.1) is 12.4 Å². The fourth-order valence-corrected chi connectivity index (χ4v) is 1.74. The first-order valence-electron chi connectivity index (χ1n) is 5.26. The molecule has 15 heavy (non-hydrogen) atoms. The second-order valence-corrected chi connectivity index (χ2v) is 3.80. The summed E-state index contributed by atoms with van der Waals surface area (Å²) in [5.74, 6) is 0.0641. The van der Waals surface area contributed by atoms with Crippen LogP contribution < -0.4 is 5.73 Å². The topological polar surface area (TPSA) is 55.6 Å². The summed E-state index contributed by atoms with van der Waals surface area (Å²) in [6, 6.07) is -0.342. The minimum atomic E-state index is -0.342. The molecule has 1 saturated heterocycles. The van der Waals surface area contributed by atoms with Crippen molar-refractivity contribution >= 4 is 18.3 Å². The average Bonchev–Trinajstić information content (AvgIpc) is 2.27. The number of hydrogen-bond acceptors (Lipinski definition) is 3. The van der Waals surface area contributed by atoms with Crippen molar-refractivity contribution in [2.75, 3.05) is 20.2 Å². The van der Waals surface area contributed by atoms with Crippen LogP contribution >= 0.6 is 12.4 Å². The molecule has 0 aromatic rings. The number of nitrogens with two attached hydrogens (primary N) is 1. The molecule has 5 heteroatoms. The highest BCUT2D eigenvalue weighted by Gasteiger charge is 2.25. The lowest BCUT2D eigenvalue weighted by atomic mass is 10.1. The number of amides is 1. The Morgan fingerprint density at radius 2 is 2.33 bits per heavy atom. The summed E-state index contributed by atoms with van der Waals surface area (Å²) in [6.45, 7) is 3.45. The van der Waals surface area contributed by atoms with Gasteiger partial charge in [0, 0.05) is 20.2 Å². The van der Waals surface area contributed by atoms with E-state index in [4.69, 9.17) is 10.5 Å². The molecule has 0 aromatic carbocycles. The molecule has 1 heterocycles. The van der Waals surface area contributed by atoms with Gasteiger partial charge in [-0.3, -0.25) is 4.79 Å².